The molecule has 0 amide bonds. The average Bonchev–Trinajstić information content (AvgIpc) is 2.41. The third kappa shape index (κ3) is 2.94. The molecule has 0 aliphatic heterocycles. The van der Waals surface area contributed by atoms with Crippen molar-refractivity contribution < 1.29 is 0 Å². The lowest BCUT2D eigenvalue weighted by atomic mass is 9.92. The Morgan fingerprint density at radius 2 is 2.07 bits per heavy atom. The van der Waals surface area contributed by atoms with Crippen LogP contribution in [-0.4, -0.2) is 14.8 Å². The lowest BCUT2D eigenvalue weighted by Crippen LogP contribution is -2.12. The van der Waals surface area contributed by atoms with Crippen molar-refractivity contribution in [3.05, 3.63) is 10.6 Å². The Kier molecular flexibility index (Phi) is 3.48. The fourth-order valence-electron chi connectivity index (χ4n) is 1.30. The highest BCUT2D eigenvalue weighted by molar-refractivity contribution is 7.71. The minimum absolute atomic E-state index is 0.344. The molecule has 1 heterocycles. The van der Waals surface area contributed by atoms with Crippen molar-refractivity contribution in [2.75, 3.05) is 0 Å². The van der Waals surface area contributed by atoms with Crippen LogP contribution < -0.4 is 0 Å². The Morgan fingerprint density at radius 1 is 1.43 bits per heavy atom. The summed E-state index contributed by atoms with van der Waals surface area (Å²) in [6.07, 6.45) is 2.05. The SMILES string of the molecule is CCc1n[nH]c(=S)n1CCC(C)(C)C. The van der Waals surface area contributed by atoms with Gasteiger partial charge in [0.15, 0.2) is 4.77 Å². The average molecular weight is 213 g/mol. The molecule has 1 aromatic heterocycles. The zero-order valence-corrected chi connectivity index (χ0v) is 10.2. The van der Waals surface area contributed by atoms with E-state index in [4.69, 9.17) is 12.2 Å². The second-order valence-electron chi connectivity index (χ2n) is 4.76. The quantitative estimate of drug-likeness (QED) is 0.783. The molecule has 0 fully saturated rings. The second-order valence-corrected chi connectivity index (χ2v) is 5.15. The van der Waals surface area contributed by atoms with Gasteiger partial charge >= 0.3 is 0 Å². The number of hydrogen-bond acceptors (Lipinski definition) is 2. The summed E-state index contributed by atoms with van der Waals surface area (Å²) in [5.74, 6) is 1.05. The maximum atomic E-state index is 5.17. The third-order valence-corrected chi connectivity index (χ3v) is 2.55. The molecule has 1 N–H and O–H groups in total. The third-order valence-electron chi connectivity index (χ3n) is 2.24. The Balaban J connectivity index is 2.75. The lowest BCUT2D eigenvalue weighted by Gasteiger charge is -2.18. The van der Waals surface area contributed by atoms with Gasteiger partial charge in [-0.2, -0.15) is 5.10 Å². The first-order valence-electron chi connectivity index (χ1n) is 5.08. The van der Waals surface area contributed by atoms with E-state index in [1.165, 1.54) is 0 Å². The van der Waals surface area contributed by atoms with Gasteiger partial charge in [-0.05, 0) is 24.1 Å². The van der Waals surface area contributed by atoms with E-state index in [9.17, 15) is 0 Å². The fourth-order valence-corrected chi connectivity index (χ4v) is 1.54. The van der Waals surface area contributed by atoms with Crippen LogP contribution in [-0.2, 0) is 13.0 Å². The standard InChI is InChI=1S/C10H19N3S/c1-5-8-11-12-9(14)13(8)7-6-10(2,3)4/h5-7H2,1-4H3,(H,12,14). The van der Waals surface area contributed by atoms with Gasteiger partial charge in [0.2, 0.25) is 0 Å². The topological polar surface area (TPSA) is 33.6 Å². The molecular weight excluding hydrogens is 194 g/mol. The molecule has 4 heteroatoms. The van der Waals surface area contributed by atoms with Crippen molar-refractivity contribution in [2.45, 2.75) is 47.1 Å². The molecule has 0 bridgehead atoms. The monoisotopic (exact) mass is 213 g/mol. The number of H-pyrrole nitrogens is 1. The number of hydrogen-bond donors (Lipinski definition) is 1. The van der Waals surface area contributed by atoms with Crippen LogP contribution in [0.1, 0.15) is 39.9 Å². The summed E-state index contributed by atoms with van der Waals surface area (Å²) in [5, 5.41) is 7.02. The van der Waals surface area contributed by atoms with Gasteiger partial charge in [-0.3, -0.25) is 5.10 Å². The fraction of sp³-hybridized carbons (Fsp3) is 0.800. The first-order chi connectivity index (χ1) is 6.44. The lowest BCUT2D eigenvalue weighted by molar-refractivity contribution is 0.346. The predicted octanol–water partition coefficient (Wildman–Crippen LogP) is 2.94. The van der Waals surface area contributed by atoms with Crippen LogP contribution in [0.4, 0.5) is 0 Å². The van der Waals surface area contributed by atoms with Crippen LogP contribution in [0.5, 0.6) is 0 Å². The number of nitrogens with one attached hydrogen (secondary N) is 1. The largest absolute Gasteiger partial charge is 0.304 e. The van der Waals surface area contributed by atoms with Gasteiger partial charge in [-0.25, -0.2) is 0 Å². The van der Waals surface area contributed by atoms with Gasteiger partial charge in [0.25, 0.3) is 0 Å². The molecule has 0 spiro atoms. The second kappa shape index (κ2) is 4.26. The molecule has 0 saturated carbocycles. The highest BCUT2D eigenvalue weighted by atomic mass is 32.1. The summed E-state index contributed by atoms with van der Waals surface area (Å²) in [7, 11) is 0. The van der Waals surface area contributed by atoms with E-state index >= 15 is 0 Å². The number of nitrogens with zero attached hydrogens (tertiary/aromatic N) is 2. The molecule has 0 atom stereocenters. The van der Waals surface area contributed by atoms with Crippen LogP contribution in [0.3, 0.4) is 0 Å². The van der Waals surface area contributed by atoms with Crippen molar-refractivity contribution >= 4 is 12.2 Å². The molecule has 1 rings (SSSR count). The van der Waals surface area contributed by atoms with Crippen LogP contribution >= 0.6 is 12.2 Å². The summed E-state index contributed by atoms with van der Waals surface area (Å²) in [5.41, 5.74) is 0.344. The maximum Gasteiger partial charge on any atom is 0.195 e. The van der Waals surface area contributed by atoms with E-state index < -0.39 is 0 Å². The van der Waals surface area contributed by atoms with E-state index in [-0.39, 0.29) is 0 Å². The van der Waals surface area contributed by atoms with Crippen LogP contribution in [0.2, 0.25) is 0 Å². The highest BCUT2D eigenvalue weighted by Crippen LogP contribution is 2.19. The molecule has 0 aliphatic rings. The molecule has 14 heavy (non-hydrogen) atoms. The van der Waals surface area contributed by atoms with Crippen molar-refractivity contribution in [1.82, 2.24) is 14.8 Å². The number of aromatic nitrogens is 3. The Hall–Kier alpha value is -0.640. The normalized spacial score (nSPS) is 12.0. The van der Waals surface area contributed by atoms with Crippen molar-refractivity contribution in [1.29, 1.82) is 0 Å². The van der Waals surface area contributed by atoms with Crippen LogP contribution in [0.25, 0.3) is 0 Å². The first-order valence-corrected chi connectivity index (χ1v) is 5.49. The van der Waals surface area contributed by atoms with Gasteiger partial charge in [0.1, 0.15) is 5.82 Å². The van der Waals surface area contributed by atoms with Crippen molar-refractivity contribution in [2.24, 2.45) is 5.41 Å². The van der Waals surface area contributed by atoms with Crippen molar-refractivity contribution in [3.63, 3.8) is 0 Å². The molecule has 0 radical (unpaired) electrons. The molecule has 0 unspecified atom stereocenters. The minimum atomic E-state index is 0.344. The zero-order chi connectivity index (χ0) is 10.8. The highest BCUT2D eigenvalue weighted by Gasteiger charge is 2.12. The number of rotatable bonds is 3. The van der Waals surface area contributed by atoms with Crippen molar-refractivity contribution in [3.8, 4) is 0 Å². The van der Waals surface area contributed by atoms with Gasteiger partial charge in [0, 0.05) is 13.0 Å². The molecular formula is C10H19N3S. The number of aromatic amines is 1. The maximum absolute atomic E-state index is 5.17. The molecule has 0 aromatic carbocycles. The van der Waals surface area contributed by atoms with Gasteiger partial charge in [-0.15, -0.1) is 0 Å². The van der Waals surface area contributed by atoms with Gasteiger partial charge in [0.05, 0.1) is 0 Å². The van der Waals surface area contributed by atoms with Crippen LogP contribution in [0.15, 0.2) is 0 Å². The zero-order valence-electron chi connectivity index (χ0n) is 9.42. The van der Waals surface area contributed by atoms with Crippen LogP contribution in [0, 0.1) is 10.2 Å². The smallest absolute Gasteiger partial charge is 0.195 e. The predicted molar refractivity (Wildman–Crippen MR) is 60.9 cm³/mol. The summed E-state index contributed by atoms with van der Waals surface area (Å²) in [4.78, 5) is 0. The molecule has 3 nitrogen and oxygen atoms in total. The van der Waals surface area contributed by atoms with E-state index in [0.29, 0.717) is 5.41 Å². The first kappa shape index (κ1) is 11.4. The van der Waals surface area contributed by atoms with Gasteiger partial charge < -0.3 is 4.57 Å². The molecule has 80 valence electrons. The summed E-state index contributed by atoms with van der Waals surface area (Å²) >= 11 is 5.17. The van der Waals surface area contributed by atoms with E-state index in [1.807, 2.05) is 0 Å². The van der Waals surface area contributed by atoms with E-state index in [0.717, 1.165) is 30.0 Å². The number of aryl methyl sites for hydroxylation is 1. The molecule has 0 aliphatic carbocycles. The minimum Gasteiger partial charge on any atom is -0.304 e. The summed E-state index contributed by atoms with van der Waals surface area (Å²) < 4.78 is 2.84. The molecule has 1 aromatic rings. The Morgan fingerprint density at radius 3 is 2.57 bits per heavy atom. The van der Waals surface area contributed by atoms with Gasteiger partial charge in [-0.1, -0.05) is 27.7 Å². The Bertz CT molecular complexity index is 343. The summed E-state index contributed by atoms with van der Waals surface area (Å²) in [6, 6.07) is 0. The van der Waals surface area contributed by atoms with E-state index in [2.05, 4.69) is 42.5 Å². The van der Waals surface area contributed by atoms with E-state index in [1.54, 1.807) is 0 Å². The Labute approximate surface area is 90.5 Å². The molecule has 0 saturated heterocycles. The summed E-state index contributed by atoms with van der Waals surface area (Å²) in [6.45, 7) is 9.77.